The van der Waals surface area contributed by atoms with E-state index in [1.165, 1.54) is 0 Å². The molecule has 1 N–H and O–H groups in total. The van der Waals surface area contributed by atoms with E-state index in [4.69, 9.17) is 4.74 Å². The largest absolute Gasteiger partial charge is 0.495 e. The highest BCUT2D eigenvalue weighted by molar-refractivity contribution is 6.06. The van der Waals surface area contributed by atoms with Crippen molar-refractivity contribution in [2.24, 2.45) is 0 Å². The van der Waals surface area contributed by atoms with Crippen LogP contribution in [0.25, 0.3) is 27.5 Å². The maximum absolute atomic E-state index is 13.3. The third-order valence-corrected chi connectivity index (χ3v) is 7.71. The molecule has 208 valence electrons. The smallest absolute Gasteiger partial charge is 0.255 e. The van der Waals surface area contributed by atoms with E-state index in [1.54, 1.807) is 19.5 Å². The average molecular weight is 556 g/mol. The second-order valence-electron chi connectivity index (χ2n) is 10.2. The first kappa shape index (κ1) is 25.5. The zero-order valence-corrected chi connectivity index (χ0v) is 23.1. The Balaban J connectivity index is 1.09. The first-order chi connectivity index (χ1) is 20.7. The van der Waals surface area contributed by atoms with Gasteiger partial charge in [-0.3, -0.25) is 4.79 Å². The molecule has 9 nitrogen and oxygen atoms in total. The Bertz CT molecular complexity index is 1900. The fourth-order valence-corrected chi connectivity index (χ4v) is 5.55. The number of fused-ring (bicyclic) bond motifs is 2. The van der Waals surface area contributed by atoms with E-state index in [1.807, 2.05) is 89.7 Å². The molecule has 7 rings (SSSR count). The fourth-order valence-electron chi connectivity index (χ4n) is 5.55. The van der Waals surface area contributed by atoms with Gasteiger partial charge in [-0.15, -0.1) is 0 Å². The zero-order valence-electron chi connectivity index (χ0n) is 23.1. The van der Waals surface area contributed by atoms with Gasteiger partial charge in [-0.1, -0.05) is 48.5 Å². The molecule has 0 bridgehead atoms. The van der Waals surface area contributed by atoms with Gasteiger partial charge in [-0.2, -0.15) is 5.10 Å². The highest BCUT2D eigenvalue weighted by atomic mass is 16.5. The Morgan fingerprint density at radius 3 is 2.38 bits per heavy atom. The van der Waals surface area contributed by atoms with Crippen LogP contribution in [0.5, 0.6) is 5.75 Å². The number of anilines is 3. The molecule has 9 heteroatoms. The van der Waals surface area contributed by atoms with Gasteiger partial charge in [-0.25, -0.2) is 14.6 Å². The Morgan fingerprint density at radius 1 is 0.810 bits per heavy atom. The van der Waals surface area contributed by atoms with Crippen molar-refractivity contribution in [3.05, 3.63) is 109 Å². The van der Waals surface area contributed by atoms with Gasteiger partial charge in [0, 0.05) is 37.4 Å². The Hall–Kier alpha value is -5.44. The summed E-state index contributed by atoms with van der Waals surface area (Å²) in [7, 11) is 1.66. The van der Waals surface area contributed by atoms with Gasteiger partial charge in [0.25, 0.3) is 5.91 Å². The lowest BCUT2D eigenvalue weighted by Crippen LogP contribution is -2.47. The summed E-state index contributed by atoms with van der Waals surface area (Å²) in [5, 5.41) is 10.8. The van der Waals surface area contributed by atoms with Crippen molar-refractivity contribution in [1.29, 1.82) is 0 Å². The number of benzene rings is 4. The molecular weight excluding hydrogens is 526 g/mol. The van der Waals surface area contributed by atoms with Crippen LogP contribution in [0.1, 0.15) is 10.4 Å². The summed E-state index contributed by atoms with van der Waals surface area (Å²) in [6, 6.07) is 29.6. The number of ether oxygens (including phenoxy) is 1. The van der Waals surface area contributed by atoms with Gasteiger partial charge in [0.05, 0.1) is 30.1 Å². The van der Waals surface area contributed by atoms with Crippen molar-refractivity contribution >= 4 is 44.9 Å². The molecule has 0 aliphatic carbocycles. The third-order valence-electron chi connectivity index (χ3n) is 7.71. The molecule has 3 heterocycles. The minimum Gasteiger partial charge on any atom is -0.495 e. The molecule has 1 aliphatic heterocycles. The van der Waals surface area contributed by atoms with Gasteiger partial charge < -0.3 is 19.9 Å². The quantitative estimate of drug-likeness (QED) is 0.288. The van der Waals surface area contributed by atoms with Crippen LogP contribution in [0.3, 0.4) is 0 Å². The monoisotopic (exact) mass is 555 g/mol. The number of hydrogen-bond acceptors (Lipinski definition) is 7. The number of carbonyl (C=O) groups is 1. The number of aromatic nitrogens is 4. The van der Waals surface area contributed by atoms with Crippen molar-refractivity contribution in [2.75, 3.05) is 48.4 Å². The number of para-hydroxylation sites is 1. The van der Waals surface area contributed by atoms with Crippen LogP contribution in [0.15, 0.2) is 104 Å². The maximum Gasteiger partial charge on any atom is 0.255 e. The lowest BCUT2D eigenvalue weighted by Gasteiger charge is -2.37. The van der Waals surface area contributed by atoms with Crippen LogP contribution in [0, 0.1) is 0 Å². The number of methoxy groups -OCH3 is 1. The lowest BCUT2D eigenvalue weighted by molar-refractivity contribution is 0.102. The van der Waals surface area contributed by atoms with E-state index in [0.29, 0.717) is 5.56 Å². The van der Waals surface area contributed by atoms with Crippen LogP contribution in [-0.4, -0.2) is 58.9 Å². The molecule has 42 heavy (non-hydrogen) atoms. The van der Waals surface area contributed by atoms with E-state index < -0.39 is 0 Å². The number of nitrogens with one attached hydrogen (secondary N) is 1. The molecule has 0 unspecified atom stereocenters. The summed E-state index contributed by atoms with van der Waals surface area (Å²) in [6.07, 6.45) is 3.44. The van der Waals surface area contributed by atoms with Gasteiger partial charge in [-0.05, 0) is 53.2 Å². The third kappa shape index (κ3) is 4.75. The second kappa shape index (κ2) is 10.9. The van der Waals surface area contributed by atoms with Gasteiger partial charge in [0.2, 0.25) is 0 Å². The summed E-state index contributed by atoms with van der Waals surface area (Å²) in [5.41, 5.74) is 3.97. The molecule has 1 fully saturated rings. The second-order valence-corrected chi connectivity index (χ2v) is 10.2. The molecule has 1 saturated heterocycles. The zero-order chi connectivity index (χ0) is 28.5. The Morgan fingerprint density at radius 2 is 1.57 bits per heavy atom. The minimum absolute atomic E-state index is 0.161. The molecule has 6 aromatic rings. The molecule has 0 atom stereocenters. The van der Waals surface area contributed by atoms with Crippen molar-refractivity contribution in [2.45, 2.75) is 0 Å². The van der Waals surface area contributed by atoms with E-state index >= 15 is 0 Å². The van der Waals surface area contributed by atoms with Crippen LogP contribution in [-0.2, 0) is 0 Å². The van der Waals surface area contributed by atoms with Crippen molar-refractivity contribution in [3.63, 3.8) is 0 Å². The summed E-state index contributed by atoms with van der Waals surface area (Å²) in [6.45, 7) is 2.98. The van der Waals surface area contributed by atoms with Gasteiger partial charge >= 0.3 is 0 Å². The lowest BCUT2D eigenvalue weighted by atomic mass is 10.1. The van der Waals surface area contributed by atoms with Gasteiger partial charge in [0.15, 0.2) is 5.65 Å². The van der Waals surface area contributed by atoms with Crippen LogP contribution >= 0.6 is 0 Å². The van der Waals surface area contributed by atoms with Crippen LogP contribution in [0.4, 0.5) is 17.2 Å². The molecule has 0 saturated carbocycles. The predicted molar refractivity (Wildman–Crippen MR) is 166 cm³/mol. The topological polar surface area (TPSA) is 88.4 Å². The Kier molecular flexibility index (Phi) is 6.59. The number of hydrogen-bond donors (Lipinski definition) is 1. The highest BCUT2D eigenvalue weighted by Gasteiger charge is 2.24. The van der Waals surface area contributed by atoms with Crippen LogP contribution < -0.4 is 19.9 Å². The van der Waals surface area contributed by atoms with Crippen LogP contribution in [0.2, 0.25) is 0 Å². The molecule has 1 amide bonds. The SMILES string of the molecule is COc1ccc(C(=O)Nc2ccc3ccccc3c2)cc1N1CCN(c2ncnc3c2cnn3-c2ccccc2)CC1. The summed E-state index contributed by atoms with van der Waals surface area (Å²) in [4.78, 5) is 26.9. The molecule has 2 aromatic heterocycles. The molecule has 4 aromatic carbocycles. The number of rotatable bonds is 6. The normalized spacial score (nSPS) is 13.5. The van der Waals surface area contributed by atoms with Crippen molar-refractivity contribution < 1.29 is 9.53 Å². The highest BCUT2D eigenvalue weighted by Crippen LogP contribution is 2.32. The fraction of sp³-hybridized carbons (Fsp3) is 0.152. The first-order valence-electron chi connectivity index (χ1n) is 13.9. The van der Waals surface area contributed by atoms with E-state index in [9.17, 15) is 4.79 Å². The number of amides is 1. The average Bonchev–Trinajstić information content (AvgIpc) is 3.49. The van der Waals surface area contributed by atoms with E-state index in [0.717, 1.165) is 76.6 Å². The standard InChI is InChI=1S/C33H29N7O2/c1-42-30-14-12-25(33(41)37-26-13-11-23-7-5-6-8-24(23)19-26)20-29(30)38-15-17-39(18-16-38)31-28-21-36-40(32(28)35-22-34-31)27-9-3-2-4-10-27/h2-14,19-22H,15-18H2,1H3,(H,37,41). The number of nitrogens with zero attached hydrogens (tertiary/aromatic N) is 6. The predicted octanol–water partition coefficient (Wildman–Crippen LogP) is 5.56. The van der Waals surface area contributed by atoms with E-state index in [-0.39, 0.29) is 5.91 Å². The van der Waals surface area contributed by atoms with Crippen molar-refractivity contribution in [1.82, 2.24) is 19.7 Å². The molecular formula is C33H29N7O2. The summed E-state index contributed by atoms with van der Waals surface area (Å²) >= 11 is 0. The Labute approximate surface area is 243 Å². The van der Waals surface area contributed by atoms with E-state index in [2.05, 4.69) is 36.2 Å². The summed E-state index contributed by atoms with van der Waals surface area (Å²) < 4.78 is 7.54. The number of carbonyl (C=O) groups excluding carboxylic acids is 1. The maximum atomic E-state index is 13.3. The molecule has 0 spiro atoms. The minimum atomic E-state index is -0.161. The summed E-state index contributed by atoms with van der Waals surface area (Å²) in [5.74, 6) is 1.45. The molecule has 1 aliphatic rings. The van der Waals surface area contributed by atoms with Gasteiger partial charge in [0.1, 0.15) is 17.9 Å². The first-order valence-corrected chi connectivity index (χ1v) is 13.9. The van der Waals surface area contributed by atoms with Crippen molar-refractivity contribution in [3.8, 4) is 11.4 Å². The molecule has 0 radical (unpaired) electrons. The number of piperazine rings is 1.